The molecule has 0 amide bonds. The molecule has 0 aliphatic carbocycles. The van der Waals surface area contributed by atoms with Crippen molar-refractivity contribution >= 4 is 22.7 Å². The third-order valence-corrected chi connectivity index (χ3v) is 4.10. The second-order valence-corrected chi connectivity index (χ2v) is 5.75. The SMILES string of the molecule is COc1ccccc1Nc1ncnc2c1[nH]c(=O)n2Cc1ccccc1. The number of methoxy groups -OCH3 is 1. The second kappa shape index (κ2) is 6.72. The van der Waals surface area contributed by atoms with E-state index in [9.17, 15) is 4.79 Å². The lowest BCUT2D eigenvalue weighted by atomic mass is 10.2. The minimum absolute atomic E-state index is 0.229. The lowest BCUT2D eigenvalue weighted by molar-refractivity contribution is 0.417. The summed E-state index contributed by atoms with van der Waals surface area (Å²) in [6.45, 7) is 0.435. The quantitative estimate of drug-likeness (QED) is 0.580. The number of nitrogens with one attached hydrogen (secondary N) is 2. The van der Waals surface area contributed by atoms with Gasteiger partial charge in [0.25, 0.3) is 0 Å². The van der Waals surface area contributed by atoms with Gasteiger partial charge in [-0.15, -0.1) is 0 Å². The lowest BCUT2D eigenvalue weighted by Gasteiger charge is -2.10. The summed E-state index contributed by atoms with van der Waals surface area (Å²) < 4.78 is 6.95. The molecule has 0 unspecified atom stereocenters. The van der Waals surface area contributed by atoms with Gasteiger partial charge in [-0.05, 0) is 17.7 Å². The first kappa shape index (κ1) is 15.9. The summed E-state index contributed by atoms with van der Waals surface area (Å²) in [5.74, 6) is 1.20. The highest BCUT2D eigenvalue weighted by atomic mass is 16.5. The first-order chi connectivity index (χ1) is 12.8. The zero-order chi connectivity index (χ0) is 17.9. The highest BCUT2D eigenvalue weighted by Gasteiger charge is 2.14. The van der Waals surface area contributed by atoms with Crippen LogP contribution in [-0.4, -0.2) is 26.6 Å². The number of fused-ring (bicyclic) bond motifs is 1. The molecule has 2 heterocycles. The molecule has 4 aromatic rings. The Bertz CT molecular complexity index is 1100. The molecular weight excluding hydrogens is 330 g/mol. The fourth-order valence-corrected chi connectivity index (χ4v) is 2.85. The average Bonchev–Trinajstić information content (AvgIpc) is 3.00. The van der Waals surface area contributed by atoms with Crippen molar-refractivity contribution in [1.82, 2.24) is 19.5 Å². The van der Waals surface area contributed by atoms with E-state index in [1.54, 1.807) is 11.7 Å². The molecular formula is C19H17N5O2. The van der Waals surface area contributed by atoms with Crippen LogP contribution in [0.5, 0.6) is 5.75 Å². The van der Waals surface area contributed by atoms with E-state index in [1.807, 2.05) is 54.6 Å². The number of anilines is 2. The van der Waals surface area contributed by atoms with Crippen molar-refractivity contribution in [3.63, 3.8) is 0 Å². The number of aromatic nitrogens is 4. The molecule has 2 aromatic carbocycles. The molecule has 0 aliphatic heterocycles. The molecule has 0 saturated carbocycles. The van der Waals surface area contributed by atoms with Crippen LogP contribution in [0.2, 0.25) is 0 Å². The standard InChI is InChI=1S/C19H17N5O2/c1-26-15-10-6-5-9-14(15)22-17-16-18(21-12-20-17)24(19(25)23-16)11-13-7-3-2-4-8-13/h2-10,12H,11H2,1H3,(H,23,25)(H,20,21,22). The summed E-state index contributed by atoms with van der Waals surface area (Å²) in [7, 11) is 1.61. The fourth-order valence-electron chi connectivity index (χ4n) is 2.85. The summed E-state index contributed by atoms with van der Waals surface area (Å²) in [6, 6.07) is 17.3. The first-order valence-electron chi connectivity index (χ1n) is 8.14. The van der Waals surface area contributed by atoms with Crippen LogP contribution in [0, 0.1) is 0 Å². The molecule has 4 rings (SSSR count). The normalized spacial score (nSPS) is 10.8. The Morgan fingerprint density at radius 1 is 1.08 bits per heavy atom. The highest BCUT2D eigenvalue weighted by Crippen LogP contribution is 2.28. The van der Waals surface area contributed by atoms with Crippen LogP contribution in [-0.2, 0) is 6.54 Å². The maximum Gasteiger partial charge on any atom is 0.328 e. The molecule has 0 radical (unpaired) electrons. The van der Waals surface area contributed by atoms with Crippen LogP contribution in [0.25, 0.3) is 11.2 Å². The van der Waals surface area contributed by atoms with E-state index in [0.717, 1.165) is 11.3 Å². The maximum absolute atomic E-state index is 12.5. The van der Waals surface area contributed by atoms with E-state index in [0.29, 0.717) is 29.3 Å². The zero-order valence-electron chi connectivity index (χ0n) is 14.1. The van der Waals surface area contributed by atoms with Gasteiger partial charge in [0.05, 0.1) is 19.3 Å². The number of aromatic amines is 1. The smallest absolute Gasteiger partial charge is 0.328 e. The van der Waals surface area contributed by atoms with Crippen LogP contribution in [0.4, 0.5) is 11.5 Å². The highest BCUT2D eigenvalue weighted by molar-refractivity contribution is 5.85. The Morgan fingerprint density at radius 2 is 1.85 bits per heavy atom. The number of rotatable bonds is 5. The van der Waals surface area contributed by atoms with E-state index in [2.05, 4.69) is 20.3 Å². The largest absolute Gasteiger partial charge is 0.495 e. The molecule has 0 spiro atoms. The number of imidazole rings is 1. The number of nitrogens with zero attached hydrogens (tertiary/aromatic N) is 3. The second-order valence-electron chi connectivity index (χ2n) is 5.75. The van der Waals surface area contributed by atoms with E-state index in [1.165, 1.54) is 6.33 Å². The molecule has 7 heteroatoms. The molecule has 26 heavy (non-hydrogen) atoms. The third kappa shape index (κ3) is 2.90. The molecule has 0 aliphatic rings. The lowest BCUT2D eigenvalue weighted by Crippen LogP contribution is -2.17. The summed E-state index contributed by atoms with van der Waals surface area (Å²) >= 11 is 0. The predicted molar refractivity (Wildman–Crippen MR) is 100.0 cm³/mol. The maximum atomic E-state index is 12.5. The van der Waals surface area contributed by atoms with Crippen molar-refractivity contribution in [3.05, 3.63) is 77.0 Å². The molecule has 0 bridgehead atoms. The minimum Gasteiger partial charge on any atom is -0.495 e. The zero-order valence-corrected chi connectivity index (χ0v) is 14.1. The minimum atomic E-state index is -0.229. The molecule has 2 N–H and O–H groups in total. The van der Waals surface area contributed by atoms with Gasteiger partial charge in [-0.3, -0.25) is 4.57 Å². The predicted octanol–water partition coefficient (Wildman–Crippen LogP) is 2.92. The van der Waals surface area contributed by atoms with Gasteiger partial charge in [0.2, 0.25) is 0 Å². The number of ether oxygens (including phenoxy) is 1. The summed E-state index contributed by atoms with van der Waals surface area (Å²) in [4.78, 5) is 23.9. The van der Waals surface area contributed by atoms with Crippen molar-refractivity contribution in [2.75, 3.05) is 12.4 Å². The number of para-hydroxylation sites is 2. The van der Waals surface area contributed by atoms with Gasteiger partial charge in [-0.25, -0.2) is 14.8 Å². The monoisotopic (exact) mass is 347 g/mol. The number of benzene rings is 2. The summed E-state index contributed by atoms with van der Waals surface area (Å²) in [5.41, 5.74) is 2.65. The van der Waals surface area contributed by atoms with Crippen molar-refractivity contribution < 1.29 is 4.74 Å². The molecule has 2 aromatic heterocycles. The van der Waals surface area contributed by atoms with Crippen LogP contribution < -0.4 is 15.7 Å². The number of H-pyrrole nitrogens is 1. The van der Waals surface area contributed by atoms with Crippen LogP contribution in [0.15, 0.2) is 65.7 Å². The van der Waals surface area contributed by atoms with Crippen molar-refractivity contribution in [2.45, 2.75) is 6.54 Å². The van der Waals surface area contributed by atoms with Crippen LogP contribution in [0.3, 0.4) is 0 Å². The molecule has 130 valence electrons. The Labute approximate surface area is 149 Å². The summed E-state index contributed by atoms with van der Waals surface area (Å²) in [6.07, 6.45) is 1.44. The molecule has 0 atom stereocenters. The van der Waals surface area contributed by atoms with Gasteiger partial charge >= 0.3 is 5.69 Å². The Kier molecular flexibility index (Phi) is 4.10. The van der Waals surface area contributed by atoms with Gasteiger partial charge in [0.1, 0.15) is 17.6 Å². The Hall–Kier alpha value is -3.61. The van der Waals surface area contributed by atoms with Gasteiger partial charge in [-0.1, -0.05) is 42.5 Å². The Morgan fingerprint density at radius 3 is 2.65 bits per heavy atom. The third-order valence-electron chi connectivity index (χ3n) is 4.10. The van der Waals surface area contributed by atoms with Gasteiger partial charge in [0.15, 0.2) is 11.5 Å². The number of hydrogen-bond donors (Lipinski definition) is 2. The molecule has 7 nitrogen and oxygen atoms in total. The van der Waals surface area contributed by atoms with Crippen molar-refractivity contribution in [3.8, 4) is 5.75 Å². The summed E-state index contributed by atoms with van der Waals surface area (Å²) in [5, 5.41) is 3.21. The van der Waals surface area contributed by atoms with E-state index in [-0.39, 0.29) is 5.69 Å². The van der Waals surface area contributed by atoms with Crippen molar-refractivity contribution in [1.29, 1.82) is 0 Å². The average molecular weight is 347 g/mol. The van der Waals surface area contributed by atoms with Gasteiger partial charge < -0.3 is 15.0 Å². The molecule has 0 fully saturated rings. The van der Waals surface area contributed by atoms with E-state index < -0.39 is 0 Å². The van der Waals surface area contributed by atoms with E-state index in [4.69, 9.17) is 4.74 Å². The van der Waals surface area contributed by atoms with Crippen LogP contribution in [0.1, 0.15) is 5.56 Å². The van der Waals surface area contributed by atoms with Gasteiger partial charge in [-0.2, -0.15) is 0 Å². The number of hydrogen-bond acceptors (Lipinski definition) is 5. The topological polar surface area (TPSA) is 84.8 Å². The Balaban J connectivity index is 1.76. The molecule has 0 saturated heterocycles. The first-order valence-corrected chi connectivity index (χ1v) is 8.14. The van der Waals surface area contributed by atoms with Gasteiger partial charge in [0, 0.05) is 0 Å². The van der Waals surface area contributed by atoms with E-state index >= 15 is 0 Å². The fraction of sp³-hybridized carbons (Fsp3) is 0.105. The van der Waals surface area contributed by atoms with Crippen molar-refractivity contribution in [2.24, 2.45) is 0 Å². The van der Waals surface area contributed by atoms with Crippen LogP contribution >= 0.6 is 0 Å².